The first kappa shape index (κ1) is 13.3. The second-order valence-electron chi connectivity index (χ2n) is 4.72. The average molecular weight is 258 g/mol. The molecule has 0 saturated heterocycles. The molecule has 0 radical (unpaired) electrons. The molecule has 1 heterocycles. The van der Waals surface area contributed by atoms with E-state index in [2.05, 4.69) is 5.32 Å². The van der Waals surface area contributed by atoms with E-state index in [1.165, 1.54) is 0 Å². The second-order valence-corrected chi connectivity index (χ2v) is 4.72. The molecule has 2 rings (SSSR count). The van der Waals surface area contributed by atoms with Gasteiger partial charge in [0.05, 0.1) is 0 Å². The highest BCUT2D eigenvalue weighted by Gasteiger charge is 2.11. The number of benzene rings is 1. The van der Waals surface area contributed by atoms with Crippen molar-refractivity contribution in [2.24, 2.45) is 0 Å². The summed E-state index contributed by atoms with van der Waals surface area (Å²) in [5, 5.41) is 3.81. The Morgan fingerprint density at radius 3 is 2.84 bits per heavy atom. The molecule has 0 unspecified atom stereocenters. The zero-order valence-corrected chi connectivity index (χ0v) is 11.2. The van der Waals surface area contributed by atoms with Gasteiger partial charge in [0, 0.05) is 28.7 Å². The van der Waals surface area contributed by atoms with Gasteiger partial charge >= 0.3 is 0 Å². The Hall–Kier alpha value is -2.10. The van der Waals surface area contributed by atoms with Gasteiger partial charge in [0.15, 0.2) is 6.29 Å². The second kappa shape index (κ2) is 5.69. The SMILES string of the molecule is CC[C@@H](C)NC(=O)Cn1cc(C=O)c2ccccc21. The topological polar surface area (TPSA) is 51.1 Å². The first-order valence-corrected chi connectivity index (χ1v) is 6.48. The Bertz CT molecular complexity index is 601. The minimum Gasteiger partial charge on any atom is -0.352 e. The summed E-state index contributed by atoms with van der Waals surface area (Å²) in [6.45, 7) is 4.24. The van der Waals surface area contributed by atoms with Crippen LogP contribution in [0.4, 0.5) is 0 Å². The van der Waals surface area contributed by atoms with Gasteiger partial charge in [-0.2, -0.15) is 0 Å². The Labute approximate surface area is 112 Å². The number of aromatic nitrogens is 1. The molecule has 1 amide bonds. The van der Waals surface area contributed by atoms with Gasteiger partial charge in [-0.25, -0.2) is 0 Å². The van der Waals surface area contributed by atoms with Gasteiger partial charge in [0.1, 0.15) is 6.54 Å². The van der Waals surface area contributed by atoms with Crippen molar-refractivity contribution in [3.8, 4) is 0 Å². The number of aldehydes is 1. The fourth-order valence-corrected chi connectivity index (χ4v) is 2.08. The fraction of sp³-hybridized carbons (Fsp3) is 0.333. The lowest BCUT2D eigenvalue weighted by atomic mass is 10.2. The number of nitrogens with zero attached hydrogens (tertiary/aromatic N) is 1. The standard InChI is InChI=1S/C15H18N2O2/c1-3-11(2)16-15(19)9-17-8-12(10-18)13-6-4-5-7-14(13)17/h4-8,10-11H,3,9H2,1-2H3,(H,16,19)/t11-/m1/s1. The van der Waals surface area contributed by atoms with E-state index in [1.807, 2.05) is 42.7 Å². The molecule has 2 aromatic rings. The van der Waals surface area contributed by atoms with Crippen LogP contribution in [0.5, 0.6) is 0 Å². The van der Waals surface area contributed by atoms with Crippen molar-refractivity contribution in [2.45, 2.75) is 32.9 Å². The molecule has 0 saturated carbocycles. The number of carbonyl (C=O) groups excluding carboxylic acids is 2. The molecule has 19 heavy (non-hydrogen) atoms. The van der Waals surface area contributed by atoms with Gasteiger partial charge < -0.3 is 9.88 Å². The molecule has 0 aliphatic heterocycles. The molecular formula is C15H18N2O2. The molecule has 1 atom stereocenters. The van der Waals surface area contributed by atoms with Gasteiger partial charge in [-0.3, -0.25) is 9.59 Å². The van der Waals surface area contributed by atoms with E-state index in [9.17, 15) is 9.59 Å². The zero-order valence-electron chi connectivity index (χ0n) is 11.2. The van der Waals surface area contributed by atoms with Gasteiger partial charge in [0.2, 0.25) is 5.91 Å². The molecule has 0 bridgehead atoms. The highest BCUT2D eigenvalue weighted by molar-refractivity contribution is 5.98. The summed E-state index contributed by atoms with van der Waals surface area (Å²) in [7, 11) is 0. The Morgan fingerprint density at radius 1 is 1.42 bits per heavy atom. The Morgan fingerprint density at radius 2 is 2.16 bits per heavy atom. The minimum atomic E-state index is -0.0347. The maximum absolute atomic E-state index is 11.9. The van der Waals surface area contributed by atoms with Crippen molar-refractivity contribution in [3.63, 3.8) is 0 Å². The maximum atomic E-state index is 11.9. The summed E-state index contributed by atoms with van der Waals surface area (Å²) >= 11 is 0. The molecule has 100 valence electrons. The molecule has 0 spiro atoms. The van der Waals surface area contributed by atoms with E-state index in [1.54, 1.807) is 6.20 Å². The van der Waals surface area contributed by atoms with Crippen molar-refractivity contribution in [2.75, 3.05) is 0 Å². The van der Waals surface area contributed by atoms with Crippen LogP contribution in [-0.2, 0) is 11.3 Å². The zero-order chi connectivity index (χ0) is 13.8. The van der Waals surface area contributed by atoms with Crippen LogP contribution in [0.1, 0.15) is 30.6 Å². The van der Waals surface area contributed by atoms with Crippen LogP contribution in [-0.4, -0.2) is 22.8 Å². The lowest BCUT2D eigenvalue weighted by Gasteiger charge is -2.12. The fourth-order valence-electron chi connectivity index (χ4n) is 2.08. The van der Waals surface area contributed by atoms with Crippen LogP contribution < -0.4 is 5.32 Å². The quantitative estimate of drug-likeness (QED) is 0.837. The van der Waals surface area contributed by atoms with Crippen LogP contribution in [0, 0.1) is 0 Å². The highest BCUT2D eigenvalue weighted by atomic mass is 16.2. The van der Waals surface area contributed by atoms with E-state index < -0.39 is 0 Å². The molecule has 0 fully saturated rings. The van der Waals surface area contributed by atoms with Gasteiger partial charge in [-0.1, -0.05) is 25.1 Å². The van der Waals surface area contributed by atoms with E-state index in [4.69, 9.17) is 0 Å². The summed E-state index contributed by atoms with van der Waals surface area (Å²) in [6.07, 6.45) is 3.46. The number of hydrogen-bond acceptors (Lipinski definition) is 2. The van der Waals surface area contributed by atoms with Crippen molar-refractivity contribution >= 4 is 23.1 Å². The smallest absolute Gasteiger partial charge is 0.240 e. The molecule has 1 N–H and O–H groups in total. The highest BCUT2D eigenvalue weighted by Crippen LogP contribution is 2.19. The number of rotatable bonds is 5. The Kier molecular flexibility index (Phi) is 4.00. The first-order chi connectivity index (χ1) is 9.15. The normalized spacial score (nSPS) is 12.3. The third-order valence-corrected chi connectivity index (χ3v) is 3.28. The predicted octanol–water partition coefficient (Wildman–Crippen LogP) is 2.37. The largest absolute Gasteiger partial charge is 0.352 e. The molecule has 0 aliphatic carbocycles. The third kappa shape index (κ3) is 2.84. The van der Waals surface area contributed by atoms with Crippen molar-refractivity contribution in [1.82, 2.24) is 9.88 Å². The van der Waals surface area contributed by atoms with E-state index in [-0.39, 0.29) is 18.5 Å². The van der Waals surface area contributed by atoms with Crippen LogP contribution >= 0.6 is 0 Å². The van der Waals surface area contributed by atoms with Crippen LogP contribution in [0.15, 0.2) is 30.5 Å². The number of amides is 1. The monoisotopic (exact) mass is 258 g/mol. The Balaban J connectivity index is 2.26. The maximum Gasteiger partial charge on any atom is 0.240 e. The summed E-state index contributed by atoms with van der Waals surface area (Å²) in [5.41, 5.74) is 1.52. The number of fused-ring (bicyclic) bond motifs is 1. The number of para-hydroxylation sites is 1. The van der Waals surface area contributed by atoms with Crippen LogP contribution in [0.25, 0.3) is 10.9 Å². The number of carbonyl (C=O) groups is 2. The van der Waals surface area contributed by atoms with E-state index in [0.29, 0.717) is 5.56 Å². The lowest BCUT2D eigenvalue weighted by Crippen LogP contribution is -2.34. The minimum absolute atomic E-state index is 0.0347. The molecule has 0 aliphatic rings. The van der Waals surface area contributed by atoms with Crippen LogP contribution in [0.2, 0.25) is 0 Å². The van der Waals surface area contributed by atoms with Crippen LogP contribution in [0.3, 0.4) is 0 Å². The lowest BCUT2D eigenvalue weighted by molar-refractivity contribution is -0.122. The van der Waals surface area contributed by atoms with Gasteiger partial charge in [-0.05, 0) is 19.4 Å². The van der Waals surface area contributed by atoms with E-state index >= 15 is 0 Å². The molecule has 4 nitrogen and oxygen atoms in total. The molecule has 1 aromatic carbocycles. The summed E-state index contributed by atoms with van der Waals surface area (Å²) in [6, 6.07) is 7.76. The number of hydrogen-bond donors (Lipinski definition) is 1. The summed E-state index contributed by atoms with van der Waals surface area (Å²) in [4.78, 5) is 22.9. The van der Waals surface area contributed by atoms with Crippen molar-refractivity contribution in [1.29, 1.82) is 0 Å². The predicted molar refractivity (Wildman–Crippen MR) is 75.2 cm³/mol. The third-order valence-electron chi connectivity index (χ3n) is 3.28. The van der Waals surface area contributed by atoms with Gasteiger partial charge in [-0.15, -0.1) is 0 Å². The molecule has 1 aromatic heterocycles. The average Bonchev–Trinajstić information content (AvgIpc) is 2.77. The molecule has 4 heteroatoms. The summed E-state index contributed by atoms with van der Waals surface area (Å²) < 4.78 is 1.82. The molecular weight excluding hydrogens is 240 g/mol. The van der Waals surface area contributed by atoms with Gasteiger partial charge in [0.25, 0.3) is 0 Å². The number of nitrogens with one attached hydrogen (secondary N) is 1. The van der Waals surface area contributed by atoms with E-state index in [0.717, 1.165) is 23.6 Å². The van der Waals surface area contributed by atoms with Crippen molar-refractivity contribution < 1.29 is 9.59 Å². The van der Waals surface area contributed by atoms with Crippen molar-refractivity contribution in [3.05, 3.63) is 36.0 Å². The summed E-state index contributed by atoms with van der Waals surface area (Å²) in [5.74, 6) is -0.0347. The first-order valence-electron chi connectivity index (χ1n) is 6.48.